The maximum atomic E-state index is 9.68. The van der Waals surface area contributed by atoms with Gasteiger partial charge in [-0.3, -0.25) is 0 Å². The van der Waals surface area contributed by atoms with Crippen molar-refractivity contribution in [3.8, 4) is 5.75 Å². The summed E-state index contributed by atoms with van der Waals surface area (Å²) in [6.45, 7) is 2.42. The molecule has 1 rings (SSSR count). The van der Waals surface area contributed by atoms with Crippen molar-refractivity contribution >= 4 is 11.6 Å². The molecule has 0 aliphatic rings. The van der Waals surface area contributed by atoms with Gasteiger partial charge in [-0.15, -0.1) is 0 Å². The lowest BCUT2D eigenvalue weighted by atomic mass is 10.2. The number of phenols is 1. The lowest BCUT2D eigenvalue weighted by Crippen LogP contribution is -2.14. The van der Waals surface area contributed by atoms with E-state index in [0.717, 1.165) is 38.0 Å². The molecule has 96 valence electrons. The Hall–Kier alpha value is -0.770. The van der Waals surface area contributed by atoms with E-state index in [1.807, 2.05) is 12.1 Å². The van der Waals surface area contributed by atoms with Gasteiger partial charge in [-0.1, -0.05) is 23.7 Å². The summed E-state index contributed by atoms with van der Waals surface area (Å²) in [5, 5.41) is 13.4. The highest BCUT2D eigenvalue weighted by Crippen LogP contribution is 2.26. The molecule has 0 heterocycles. The first-order valence-electron chi connectivity index (χ1n) is 5.91. The van der Waals surface area contributed by atoms with E-state index in [1.54, 1.807) is 13.2 Å². The molecule has 0 spiro atoms. The van der Waals surface area contributed by atoms with E-state index in [2.05, 4.69) is 5.32 Å². The molecule has 0 unspecified atom stereocenters. The third kappa shape index (κ3) is 5.39. The number of halogens is 1. The average Bonchev–Trinajstić information content (AvgIpc) is 2.33. The Kier molecular flexibility index (Phi) is 7.01. The second kappa shape index (κ2) is 8.34. The Bertz CT molecular complexity index is 331. The van der Waals surface area contributed by atoms with Crippen molar-refractivity contribution in [3.05, 3.63) is 28.8 Å². The number of aromatic hydroxyl groups is 1. The van der Waals surface area contributed by atoms with Crippen LogP contribution in [-0.4, -0.2) is 25.4 Å². The van der Waals surface area contributed by atoms with Gasteiger partial charge in [-0.2, -0.15) is 0 Å². The van der Waals surface area contributed by atoms with Crippen molar-refractivity contribution in [1.82, 2.24) is 5.32 Å². The Balaban J connectivity index is 2.16. The summed E-state index contributed by atoms with van der Waals surface area (Å²) in [7, 11) is 1.72. The molecule has 0 radical (unpaired) electrons. The fourth-order valence-electron chi connectivity index (χ4n) is 1.60. The van der Waals surface area contributed by atoms with Crippen molar-refractivity contribution in [2.24, 2.45) is 0 Å². The number of methoxy groups -OCH3 is 1. The molecule has 0 aliphatic carbocycles. The van der Waals surface area contributed by atoms with Crippen LogP contribution in [0.3, 0.4) is 0 Å². The standard InChI is InChI=1S/C13H20ClNO2/c1-17-9-4-2-3-8-15-10-11-6-5-7-12(14)13(11)16/h5-7,15-16H,2-4,8-10H2,1H3. The van der Waals surface area contributed by atoms with Crippen molar-refractivity contribution in [2.75, 3.05) is 20.3 Å². The van der Waals surface area contributed by atoms with Crippen LogP contribution in [0.15, 0.2) is 18.2 Å². The van der Waals surface area contributed by atoms with Crippen molar-refractivity contribution in [3.63, 3.8) is 0 Å². The van der Waals surface area contributed by atoms with Crippen LogP contribution in [0, 0.1) is 0 Å². The molecular weight excluding hydrogens is 238 g/mol. The van der Waals surface area contributed by atoms with Crippen molar-refractivity contribution < 1.29 is 9.84 Å². The van der Waals surface area contributed by atoms with E-state index in [9.17, 15) is 5.11 Å². The van der Waals surface area contributed by atoms with E-state index < -0.39 is 0 Å². The average molecular weight is 258 g/mol. The molecule has 0 atom stereocenters. The number of unbranched alkanes of at least 4 members (excludes halogenated alkanes) is 2. The number of hydrogen-bond acceptors (Lipinski definition) is 3. The molecule has 0 saturated heterocycles. The molecule has 1 aromatic rings. The lowest BCUT2D eigenvalue weighted by molar-refractivity contribution is 0.192. The Morgan fingerprint density at radius 1 is 1.29 bits per heavy atom. The number of para-hydroxylation sites is 1. The predicted molar refractivity (Wildman–Crippen MR) is 70.6 cm³/mol. The number of hydrogen-bond donors (Lipinski definition) is 2. The van der Waals surface area contributed by atoms with Crippen LogP contribution in [0.25, 0.3) is 0 Å². The first-order valence-corrected chi connectivity index (χ1v) is 6.29. The molecule has 0 amide bonds. The minimum absolute atomic E-state index is 0.182. The lowest BCUT2D eigenvalue weighted by Gasteiger charge is -2.07. The quantitative estimate of drug-likeness (QED) is 0.704. The van der Waals surface area contributed by atoms with Gasteiger partial charge in [0.2, 0.25) is 0 Å². The third-order valence-electron chi connectivity index (χ3n) is 2.59. The van der Waals surface area contributed by atoms with E-state index >= 15 is 0 Å². The fraction of sp³-hybridized carbons (Fsp3) is 0.538. The molecule has 1 aromatic carbocycles. The van der Waals surface area contributed by atoms with Gasteiger partial charge < -0.3 is 15.2 Å². The first kappa shape index (κ1) is 14.3. The third-order valence-corrected chi connectivity index (χ3v) is 2.89. The number of ether oxygens (including phenoxy) is 1. The van der Waals surface area contributed by atoms with Crippen LogP contribution in [0.4, 0.5) is 0 Å². The largest absolute Gasteiger partial charge is 0.506 e. The van der Waals surface area contributed by atoms with Crippen LogP contribution in [0.2, 0.25) is 5.02 Å². The summed E-state index contributed by atoms with van der Waals surface area (Å²) >= 11 is 5.82. The number of nitrogens with one attached hydrogen (secondary N) is 1. The molecule has 0 bridgehead atoms. The van der Waals surface area contributed by atoms with Crippen molar-refractivity contribution in [2.45, 2.75) is 25.8 Å². The summed E-state index contributed by atoms with van der Waals surface area (Å²) in [6.07, 6.45) is 3.37. The molecule has 4 heteroatoms. The van der Waals surface area contributed by atoms with Gasteiger partial charge in [-0.25, -0.2) is 0 Å². The Morgan fingerprint density at radius 2 is 2.12 bits per heavy atom. The number of phenolic OH excluding ortho intramolecular Hbond substituents is 1. The maximum absolute atomic E-state index is 9.68. The molecule has 17 heavy (non-hydrogen) atoms. The van der Waals surface area contributed by atoms with Gasteiger partial charge >= 0.3 is 0 Å². The van der Waals surface area contributed by atoms with Crippen LogP contribution in [0.5, 0.6) is 5.75 Å². The second-order valence-corrected chi connectivity index (χ2v) is 4.39. The van der Waals surface area contributed by atoms with Crippen LogP contribution in [-0.2, 0) is 11.3 Å². The minimum Gasteiger partial charge on any atom is -0.506 e. The monoisotopic (exact) mass is 257 g/mol. The molecule has 0 aliphatic heterocycles. The van der Waals surface area contributed by atoms with Gasteiger partial charge in [-0.05, 0) is 31.9 Å². The smallest absolute Gasteiger partial charge is 0.138 e. The van der Waals surface area contributed by atoms with E-state index in [1.165, 1.54) is 0 Å². The molecule has 0 fully saturated rings. The van der Waals surface area contributed by atoms with E-state index in [0.29, 0.717) is 11.6 Å². The summed E-state index contributed by atoms with van der Waals surface area (Å²) in [6, 6.07) is 5.40. The second-order valence-electron chi connectivity index (χ2n) is 3.98. The highest BCUT2D eigenvalue weighted by atomic mass is 35.5. The predicted octanol–water partition coefficient (Wildman–Crippen LogP) is 2.95. The van der Waals surface area contributed by atoms with Gasteiger partial charge in [0.15, 0.2) is 0 Å². The molecule has 0 saturated carbocycles. The Labute approximate surface area is 108 Å². The number of benzene rings is 1. The molecular formula is C13H20ClNO2. The number of rotatable bonds is 8. The van der Waals surface area contributed by atoms with Crippen LogP contribution >= 0.6 is 11.6 Å². The zero-order valence-electron chi connectivity index (χ0n) is 10.2. The van der Waals surface area contributed by atoms with Crippen LogP contribution in [0.1, 0.15) is 24.8 Å². The molecule has 2 N–H and O–H groups in total. The van der Waals surface area contributed by atoms with Crippen LogP contribution < -0.4 is 5.32 Å². The first-order chi connectivity index (χ1) is 8.25. The van der Waals surface area contributed by atoms with Crippen molar-refractivity contribution in [1.29, 1.82) is 0 Å². The molecule has 3 nitrogen and oxygen atoms in total. The van der Waals surface area contributed by atoms with Gasteiger partial charge in [0.05, 0.1) is 5.02 Å². The SMILES string of the molecule is COCCCCCNCc1cccc(Cl)c1O. The Morgan fingerprint density at radius 3 is 2.88 bits per heavy atom. The highest BCUT2D eigenvalue weighted by molar-refractivity contribution is 6.32. The minimum atomic E-state index is 0.182. The zero-order valence-corrected chi connectivity index (χ0v) is 11.0. The summed E-state index contributed by atoms with van der Waals surface area (Å²) in [4.78, 5) is 0. The maximum Gasteiger partial charge on any atom is 0.138 e. The summed E-state index contributed by atoms with van der Waals surface area (Å²) < 4.78 is 4.98. The zero-order chi connectivity index (χ0) is 12.5. The summed E-state index contributed by atoms with van der Waals surface area (Å²) in [5.74, 6) is 0.182. The fourth-order valence-corrected chi connectivity index (χ4v) is 1.79. The van der Waals surface area contributed by atoms with E-state index in [-0.39, 0.29) is 5.75 Å². The van der Waals surface area contributed by atoms with Gasteiger partial charge in [0, 0.05) is 25.8 Å². The normalized spacial score (nSPS) is 10.7. The topological polar surface area (TPSA) is 41.5 Å². The summed E-state index contributed by atoms with van der Waals surface area (Å²) in [5.41, 5.74) is 0.842. The van der Waals surface area contributed by atoms with Gasteiger partial charge in [0.1, 0.15) is 5.75 Å². The van der Waals surface area contributed by atoms with E-state index in [4.69, 9.17) is 16.3 Å². The van der Waals surface area contributed by atoms with Gasteiger partial charge in [0.25, 0.3) is 0 Å². The highest BCUT2D eigenvalue weighted by Gasteiger charge is 2.03. The molecule has 0 aromatic heterocycles.